The Kier molecular flexibility index (Phi) is 4.91. The summed E-state index contributed by atoms with van der Waals surface area (Å²) in [7, 11) is 0. The number of ether oxygens (including phenoxy) is 1. The van der Waals surface area contributed by atoms with Crippen molar-refractivity contribution < 1.29 is 18.4 Å². The predicted molar refractivity (Wildman–Crippen MR) is 97.5 cm³/mol. The SMILES string of the molecule is CCOc1ccc(C(=O)N2CCC(c3nnc(-c4ccoc4)o3)CC2)cc1. The van der Waals surface area contributed by atoms with Gasteiger partial charge in [0.15, 0.2) is 0 Å². The third-order valence-electron chi connectivity index (χ3n) is 4.75. The van der Waals surface area contributed by atoms with Crippen LogP contribution in [0.3, 0.4) is 0 Å². The molecule has 1 aromatic carbocycles. The third-order valence-corrected chi connectivity index (χ3v) is 4.75. The van der Waals surface area contributed by atoms with E-state index in [-0.39, 0.29) is 11.8 Å². The molecule has 1 amide bonds. The van der Waals surface area contributed by atoms with E-state index in [2.05, 4.69) is 10.2 Å². The molecule has 0 spiro atoms. The highest BCUT2D eigenvalue weighted by molar-refractivity contribution is 5.94. The third kappa shape index (κ3) is 3.72. The number of nitrogens with zero attached hydrogens (tertiary/aromatic N) is 3. The number of aromatic nitrogens is 2. The number of amides is 1. The summed E-state index contributed by atoms with van der Waals surface area (Å²) in [6.45, 7) is 3.88. The highest BCUT2D eigenvalue weighted by Gasteiger charge is 2.28. The standard InChI is InChI=1S/C20H21N3O4/c1-2-26-17-5-3-15(4-6-17)20(24)23-10-7-14(8-11-23)18-21-22-19(27-18)16-9-12-25-13-16/h3-6,9,12-14H,2,7-8,10-11H2,1H3. The van der Waals surface area contributed by atoms with E-state index < -0.39 is 0 Å². The number of rotatable bonds is 5. The Balaban J connectivity index is 1.36. The number of furan rings is 1. The Morgan fingerprint density at radius 1 is 1.19 bits per heavy atom. The molecule has 0 aliphatic carbocycles. The summed E-state index contributed by atoms with van der Waals surface area (Å²) in [4.78, 5) is 14.6. The first-order valence-corrected chi connectivity index (χ1v) is 9.12. The van der Waals surface area contributed by atoms with Gasteiger partial charge in [-0.2, -0.15) is 0 Å². The van der Waals surface area contributed by atoms with Gasteiger partial charge in [-0.15, -0.1) is 10.2 Å². The highest BCUT2D eigenvalue weighted by atomic mass is 16.5. The lowest BCUT2D eigenvalue weighted by Crippen LogP contribution is -2.38. The van der Waals surface area contributed by atoms with E-state index in [9.17, 15) is 4.79 Å². The second-order valence-electron chi connectivity index (χ2n) is 6.48. The van der Waals surface area contributed by atoms with Crippen LogP contribution in [-0.2, 0) is 0 Å². The van der Waals surface area contributed by atoms with Crippen LogP contribution in [0.1, 0.15) is 41.9 Å². The zero-order chi connectivity index (χ0) is 18.6. The second kappa shape index (κ2) is 7.65. The predicted octanol–water partition coefficient (Wildman–Crippen LogP) is 3.75. The van der Waals surface area contributed by atoms with Crippen molar-refractivity contribution in [3.8, 4) is 17.2 Å². The summed E-state index contributed by atoms with van der Waals surface area (Å²) in [6, 6.07) is 9.08. The van der Waals surface area contributed by atoms with Crippen molar-refractivity contribution in [2.75, 3.05) is 19.7 Å². The minimum atomic E-state index is 0.0427. The summed E-state index contributed by atoms with van der Waals surface area (Å²) in [5, 5.41) is 8.27. The number of likely N-dealkylation sites (tertiary alicyclic amines) is 1. The first-order valence-electron chi connectivity index (χ1n) is 9.12. The van der Waals surface area contributed by atoms with Gasteiger partial charge in [-0.1, -0.05) is 0 Å². The number of hydrogen-bond acceptors (Lipinski definition) is 6. The molecule has 3 aromatic rings. The van der Waals surface area contributed by atoms with Gasteiger partial charge in [-0.3, -0.25) is 4.79 Å². The van der Waals surface area contributed by atoms with Crippen LogP contribution in [0.4, 0.5) is 0 Å². The van der Waals surface area contributed by atoms with Crippen LogP contribution >= 0.6 is 0 Å². The fourth-order valence-corrected chi connectivity index (χ4v) is 3.27. The van der Waals surface area contributed by atoms with Crippen molar-refractivity contribution in [3.05, 3.63) is 54.3 Å². The summed E-state index contributed by atoms with van der Waals surface area (Å²) in [5.74, 6) is 2.08. The molecule has 0 radical (unpaired) electrons. The zero-order valence-electron chi connectivity index (χ0n) is 15.1. The van der Waals surface area contributed by atoms with Crippen LogP contribution in [0.25, 0.3) is 11.5 Å². The molecule has 4 rings (SSSR count). The molecular weight excluding hydrogens is 346 g/mol. The molecule has 2 aromatic heterocycles. The quantitative estimate of drug-likeness (QED) is 0.683. The van der Waals surface area contributed by atoms with Gasteiger partial charge in [0.2, 0.25) is 5.89 Å². The molecule has 3 heterocycles. The van der Waals surface area contributed by atoms with Gasteiger partial charge in [0, 0.05) is 24.6 Å². The monoisotopic (exact) mass is 367 g/mol. The fourth-order valence-electron chi connectivity index (χ4n) is 3.27. The summed E-state index contributed by atoms with van der Waals surface area (Å²) in [5.41, 5.74) is 1.45. The Hall–Kier alpha value is -3.09. The van der Waals surface area contributed by atoms with E-state index in [1.807, 2.05) is 36.1 Å². The highest BCUT2D eigenvalue weighted by Crippen LogP contribution is 2.30. The lowest BCUT2D eigenvalue weighted by Gasteiger charge is -2.30. The zero-order valence-corrected chi connectivity index (χ0v) is 15.1. The normalized spacial score (nSPS) is 15.1. The molecule has 1 aliphatic rings. The van der Waals surface area contributed by atoms with Gasteiger partial charge < -0.3 is 18.5 Å². The van der Waals surface area contributed by atoms with E-state index in [4.69, 9.17) is 13.6 Å². The Bertz CT molecular complexity index is 878. The molecule has 0 bridgehead atoms. The van der Waals surface area contributed by atoms with Crippen LogP contribution in [0.2, 0.25) is 0 Å². The number of carbonyl (C=O) groups is 1. The van der Waals surface area contributed by atoms with E-state index >= 15 is 0 Å². The van der Waals surface area contributed by atoms with Crippen LogP contribution in [0.5, 0.6) is 5.75 Å². The van der Waals surface area contributed by atoms with Gasteiger partial charge in [0.05, 0.1) is 18.4 Å². The number of hydrogen-bond donors (Lipinski definition) is 0. The van der Waals surface area contributed by atoms with Crippen molar-refractivity contribution in [2.24, 2.45) is 0 Å². The van der Waals surface area contributed by atoms with E-state index in [0.717, 1.165) is 24.2 Å². The topological polar surface area (TPSA) is 81.6 Å². The van der Waals surface area contributed by atoms with Gasteiger partial charge in [-0.05, 0) is 50.1 Å². The fraction of sp³-hybridized carbons (Fsp3) is 0.350. The molecule has 0 unspecified atom stereocenters. The Labute approximate surface area is 156 Å². The lowest BCUT2D eigenvalue weighted by atomic mass is 9.96. The maximum atomic E-state index is 12.7. The van der Waals surface area contributed by atoms with Gasteiger partial charge >= 0.3 is 0 Å². The Morgan fingerprint density at radius 2 is 1.96 bits per heavy atom. The molecular formula is C20H21N3O4. The van der Waals surface area contributed by atoms with E-state index in [0.29, 0.717) is 37.0 Å². The molecule has 140 valence electrons. The Morgan fingerprint density at radius 3 is 2.63 bits per heavy atom. The van der Waals surface area contributed by atoms with Crippen molar-refractivity contribution in [1.82, 2.24) is 15.1 Å². The first-order chi connectivity index (χ1) is 13.2. The lowest BCUT2D eigenvalue weighted by molar-refractivity contribution is 0.0706. The van der Waals surface area contributed by atoms with Gasteiger partial charge in [0.1, 0.15) is 12.0 Å². The van der Waals surface area contributed by atoms with Crippen molar-refractivity contribution in [1.29, 1.82) is 0 Å². The maximum Gasteiger partial charge on any atom is 0.253 e. The van der Waals surface area contributed by atoms with Gasteiger partial charge in [0.25, 0.3) is 11.8 Å². The van der Waals surface area contributed by atoms with Crippen molar-refractivity contribution >= 4 is 5.91 Å². The maximum absolute atomic E-state index is 12.7. The van der Waals surface area contributed by atoms with Crippen molar-refractivity contribution in [2.45, 2.75) is 25.7 Å². The molecule has 0 N–H and O–H groups in total. The van der Waals surface area contributed by atoms with Crippen LogP contribution in [0.15, 0.2) is 51.7 Å². The summed E-state index contributed by atoms with van der Waals surface area (Å²) < 4.78 is 16.3. The molecule has 1 saturated heterocycles. The van der Waals surface area contributed by atoms with Gasteiger partial charge in [-0.25, -0.2) is 0 Å². The minimum absolute atomic E-state index is 0.0427. The average Bonchev–Trinajstić information content (AvgIpc) is 3.40. The summed E-state index contributed by atoms with van der Waals surface area (Å²) >= 11 is 0. The molecule has 0 saturated carbocycles. The van der Waals surface area contributed by atoms with E-state index in [1.165, 1.54) is 0 Å². The van der Waals surface area contributed by atoms with Crippen LogP contribution in [0, 0.1) is 0 Å². The largest absolute Gasteiger partial charge is 0.494 e. The number of benzene rings is 1. The smallest absolute Gasteiger partial charge is 0.253 e. The summed E-state index contributed by atoms with van der Waals surface area (Å²) in [6.07, 6.45) is 4.76. The molecule has 27 heavy (non-hydrogen) atoms. The molecule has 0 atom stereocenters. The van der Waals surface area contributed by atoms with Crippen molar-refractivity contribution in [3.63, 3.8) is 0 Å². The number of piperidine rings is 1. The van der Waals surface area contributed by atoms with E-state index in [1.54, 1.807) is 18.6 Å². The first kappa shape index (κ1) is 17.3. The molecule has 1 fully saturated rings. The van der Waals surface area contributed by atoms with Crippen LogP contribution in [-0.4, -0.2) is 40.7 Å². The second-order valence-corrected chi connectivity index (χ2v) is 6.48. The average molecular weight is 367 g/mol. The molecule has 7 nitrogen and oxygen atoms in total. The molecule has 7 heteroatoms. The minimum Gasteiger partial charge on any atom is -0.494 e. The number of carbonyl (C=O) groups excluding carboxylic acids is 1. The molecule has 1 aliphatic heterocycles. The van der Waals surface area contributed by atoms with Crippen LogP contribution < -0.4 is 4.74 Å².